The number of halogens is 3. The van der Waals surface area contributed by atoms with Crippen LogP contribution in [0.1, 0.15) is 21.8 Å². The van der Waals surface area contributed by atoms with E-state index in [0.29, 0.717) is 21.5 Å². The molecule has 0 saturated carbocycles. The van der Waals surface area contributed by atoms with Crippen molar-refractivity contribution in [1.29, 1.82) is 0 Å². The number of benzene rings is 1. The summed E-state index contributed by atoms with van der Waals surface area (Å²) in [6.07, 6.45) is 0. The quantitative estimate of drug-likeness (QED) is 0.875. The number of alkyl halides is 1. The summed E-state index contributed by atoms with van der Waals surface area (Å²) in [4.78, 5) is 12.0. The second-order valence-corrected chi connectivity index (χ2v) is 4.78. The molecule has 1 aromatic carbocycles. The van der Waals surface area contributed by atoms with Gasteiger partial charge in [0.05, 0.1) is 33.7 Å². The molecule has 2 rings (SSSR count). The van der Waals surface area contributed by atoms with Gasteiger partial charge in [-0.1, -0.05) is 34.4 Å². The highest BCUT2D eigenvalue weighted by molar-refractivity contribution is 6.39. The van der Waals surface area contributed by atoms with Crippen molar-refractivity contribution in [3.8, 4) is 0 Å². The smallest absolute Gasteiger partial charge is 0.254 e. The van der Waals surface area contributed by atoms with Gasteiger partial charge in [0.15, 0.2) is 5.76 Å². The van der Waals surface area contributed by atoms with Crippen molar-refractivity contribution in [1.82, 2.24) is 10.5 Å². The minimum atomic E-state index is -0.376. The van der Waals surface area contributed by atoms with Crippen LogP contribution in [-0.2, 0) is 12.4 Å². The third-order valence-corrected chi connectivity index (χ3v) is 3.26. The molecule has 0 aliphatic rings. The molecule has 7 heteroatoms. The summed E-state index contributed by atoms with van der Waals surface area (Å²) in [5.41, 5.74) is 0.851. The summed E-state index contributed by atoms with van der Waals surface area (Å²) < 4.78 is 4.99. The molecule has 2 aromatic rings. The predicted molar refractivity (Wildman–Crippen MR) is 73.7 cm³/mol. The van der Waals surface area contributed by atoms with E-state index in [1.807, 2.05) is 0 Å². The van der Waals surface area contributed by atoms with Crippen LogP contribution in [0.2, 0.25) is 10.0 Å². The zero-order valence-corrected chi connectivity index (χ0v) is 11.9. The first kappa shape index (κ1) is 14.2. The molecule has 0 radical (unpaired) electrons. The van der Waals surface area contributed by atoms with Crippen LogP contribution in [0.15, 0.2) is 28.8 Å². The van der Waals surface area contributed by atoms with E-state index in [4.69, 9.17) is 39.3 Å². The van der Waals surface area contributed by atoms with Crippen molar-refractivity contribution in [3.63, 3.8) is 0 Å². The zero-order valence-electron chi connectivity index (χ0n) is 9.62. The predicted octanol–water partition coefficient (Wildman–Crippen LogP) is 3.65. The summed E-state index contributed by atoms with van der Waals surface area (Å²) in [5.74, 6) is 0.389. The fraction of sp³-hybridized carbons (Fsp3) is 0.167. The third kappa shape index (κ3) is 3.41. The van der Waals surface area contributed by atoms with Crippen molar-refractivity contribution in [2.24, 2.45) is 0 Å². The van der Waals surface area contributed by atoms with Crippen molar-refractivity contribution >= 4 is 40.7 Å². The molecule has 1 amide bonds. The van der Waals surface area contributed by atoms with Gasteiger partial charge in [-0.05, 0) is 12.1 Å². The van der Waals surface area contributed by atoms with Crippen molar-refractivity contribution in [3.05, 3.63) is 51.3 Å². The largest absolute Gasteiger partial charge is 0.359 e. The normalized spacial score (nSPS) is 10.5. The van der Waals surface area contributed by atoms with Gasteiger partial charge in [0, 0.05) is 6.07 Å². The fourth-order valence-electron chi connectivity index (χ4n) is 1.47. The number of rotatable bonds is 4. The Balaban J connectivity index is 2.05. The lowest BCUT2D eigenvalue weighted by Crippen LogP contribution is -2.23. The highest BCUT2D eigenvalue weighted by atomic mass is 35.5. The van der Waals surface area contributed by atoms with Crippen molar-refractivity contribution < 1.29 is 9.32 Å². The van der Waals surface area contributed by atoms with Gasteiger partial charge < -0.3 is 9.84 Å². The van der Waals surface area contributed by atoms with E-state index in [0.717, 1.165) is 0 Å². The zero-order chi connectivity index (χ0) is 13.8. The van der Waals surface area contributed by atoms with E-state index in [-0.39, 0.29) is 23.9 Å². The maximum absolute atomic E-state index is 12.0. The number of carbonyl (C=O) groups is 1. The Bertz CT molecular complexity index is 578. The Morgan fingerprint density at radius 2 is 2.00 bits per heavy atom. The SMILES string of the molecule is O=C(NCc1cc(CCl)no1)c1c(Cl)cccc1Cl. The van der Waals surface area contributed by atoms with Crippen LogP contribution < -0.4 is 5.32 Å². The molecule has 19 heavy (non-hydrogen) atoms. The minimum absolute atomic E-state index is 0.185. The standard InChI is InChI=1S/C12H9Cl3N2O2/c13-5-7-4-8(19-17-7)6-16-12(18)11-9(14)2-1-3-10(11)15/h1-4H,5-6H2,(H,16,18). The van der Waals surface area contributed by atoms with Gasteiger partial charge >= 0.3 is 0 Å². The maximum atomic E-state index is 12.0. The molecule has 0 atom stereocenters. The van der Waals surface area contributed by atoms with Crippen LogP contribution in [0.3, 0.4) is 0 Å². The Labute approximate surface area is 124 Å². The fourth-order valence-corrected chi connectivity index (χ4v) is 2.17. The molecule has 1 heterocycles. The molecule has 0 bridgehead atoms. The Hall–Kier alpha value is -1.23. The lowest BCUT2D eigenvalue weighted by Gasteiger charge is -2.06. The second kappa shape index (κ2) is 6.28. The van der Waals surface area contributed by atoms with Gasteiger partial charge in [-0.15, -0.1) is 11.6 Å². The molecule has 0 saturated heterocycles. The first-order valence-corrected chi connectivity index (χ1v) is 6.63. The minimum Gasteiger partial charge on any atom is -0.359 e. The van der Waals surface area contributed by atoms with Crippen LogP contribution in [-0.4, -0.2) is 11.1 Å². The lowest BCUT2D eigenvalue weighted by molar-refractivity contribution is 0.0947. The number of hydrogen-bond donors (Lipinski definition) is 1. The molecular weight excluding hydrogens is 311 g/mol. The van der Waals surface area contributed by atoms with Crippen LogP contribution in [0, 0.1) is 0 Å². The lowest BCUT2D eigenvalue weighted by atomic mass is 10.2. The van der Waals surface area contributed by atoms with Gasteiger partial charge in [-0.3, -0.25) is 4.79 Å². The summed E-state index contributed by atoms with van der Waals surface area (Å²) >= 11 is 17.5. The van der Waals surface area contributed by atoms with E-state index in [9.17, 15) is 4.79 Å². The van der Waals surface area contributed by atoms with E-state index >= 15 is 0 Å². The summed E-state index contributed by atoms with van der Waals surface area (Å²) in [6, 6.07) is 6.54. The van der Waals surface area contributed by atoms with Crippen LogP contribution in [0.5, 0.6) is 0 Å². The molecule has 100 valence electrons. The molecule has 0 spiro atoms. The Morgan fingerprint density at radius 3 is 2.58 bits per heavy atom. The third-order valence-electron chi connectivity index (χ3n) is 2.36. The first-order valence-electron chi connectivity index (χ1n) is 5.34. The summed E-state index contributed by atoms with van der Waals surface area (Å²) in [5, 5.41) is 6.95. The number of aromatic nitrogens is 1. The summed E-state index contributed by atoms with van der Waals surface area (Å²) in [6.45, 7) is 0.185. The number of carbonyl (C=O) groups excluding carboxylic acids is 1. The average Bonchev–Trinajstić information content (AvgIpc) is 2.84. The average molecular weight is 320 g/mol. The number of hydrogen-bond acceptors (Lipinski definition) is 3. The summed E-state index contributed by atoms with van der Waals surface area (Å²) in [7, 11) is 0. The highest BCUT2D eigenvalue weighted by Crippen LogP contribution is 2.24. The van der Waals surface area contributed by atoms with Crippen LogP contribution in [0.4, 0.5) is 0 Å². The Morgan fingerprint density at radius 1 is 1.32 bits per heavy atom. The molecule has 0 unspecified atom stereocenters. The van der Waals surface area contributed by atoms with Gasteiger partial charge in [0.2, 0.25) is 0 Å². The van der Waals surface area contributed by atoms with E-state index in [1.165, 1.54) is 0 Å². The molecule has 1 N–H and O–H groups in total. The molecule has 4 nitrogen and oxygen atoms in total. The van der Waals surface area contributed by atoms with Gasteiger partial charge in [-0.25, -0.2) is 0 Å². The number of amides is 1. The first-order chi connectivity index (χ1) is 9.11. The van der Waals surface area contributed by atoms with Gasteiger partial charge in [0.1, 0.15) is 0 Å². The monoisotopic (exact) mass is 318 g/mol. The molecule has 0 fully saturated rings. The van der Waals surface area contributed by atoms with Crippen LogP contribution >= 0.6 is 34.8 Å². The second-order valence-electron chi connectivity index (χ2n) is 3.70. The number of nitrogens with zero attached hydrogens (tertiary/aromatic N) is 1. The van der Waals surface area contributed by atoms with Crippen LogP contribution in [0.25, 0.3) is 0 Å². The maximum Gasteiger partial charge on any atom is 0.254 e. The topological polar surface area (TPSA) is 55.1 Å². The molecule has 0 aliphatic heterocycles. The van der Waals surface area contributed by atoms with Crippen molar-refractivity contribution in [2.45, 2.75) is 12.4 Å². The molecular formula is C12H9Cl3N2O2. The molecule has 0 aliphatic carbocycles. The van der Waals surface area contributed by atoms with E-state index < -0.39 is 0 Å². The van der Waals surface area contributed by atoms with Crippen molar-refractivity contribution in [2.75, 3.05) is 0 Å². The van der Waals surface area contributed by atoms with E-state index in [2.05, 4.69) is 10.5 Å². The van der Waals surface area contributed by atoms with Gasteiger partial charge in [0.25, 0.3) is 5.91 Å². The molecule has 1 aromatic heterocycles. The Kier molecular flexibility index (Phi) is 4.69. The van der Waals surface area contributed by atoms with Gasteiger partial charge in [-0.2, -0.15) is 0 Å². The van der Waals surface area contributed by atoms with E-state index in [1.54, 1.807) is 24.3 Å². The highest BCUT2D eigenvalue weighted by Gasteiger charge is 2.14. The number of nitrogens with one attached hydrogen (secondary N) is 1.